The van der Waals surface area contributed by atoms with Crippen LogP contribution in [0.2, 0.25) is 0 Å². The zero-order chi connectivity index (χ0) is 10.3. The molecule has 0 bridgehead atoms. The number of methoxy groups -OCH3 is 1. The molecule has 4 heteroatoms. The van der Waals surface area contributed by atoms with Crippen molar-refractivity contribution < 1.29 is 18.9 Å². The molecule has 14 heavy (non-hydrogen) atoms. The molecule has 0 aromatic rings. The minimum Gasteiger partial charge on any atom is -0.353 e. The average molecular weight is 202 g/mol. The Bertz CT molecular complexity index is 196. The van der Waals surface area contributed by atoms with Gasteiger partial charge in [-0.15, -0.1) is 0 Å². The summed E-state index contributed by atoms with van der Waals surface area (Å²) < 4.78 is 22.4. The molecule has 0 aromatic carbocycles. The van der Waals surface area contributed by atoms with Crippen LogP contribution in [0.25, 0.3) is 0 Å². The molecule has 0 amide bonds. The predicted molar refractivity (Wildman–Crippen MR) is 49.8 cm³/mol. The largest absolute Gasteiger partial charge is 0.353 e. The maximum Gasteiger partial charge on any atom is 0.186 e. The number of rotatable bonds is 2. The Labute approximate surface area is 84.5 Å². The molecule has 2 aliphatic rings. The summed E-state index contributed by atoms with van der Waals surface area (Å²) in [5.41, 5.74) is 0. The zero-order valence-electron chi connectivity index (χ0n) is 9.15. The van der Waals surface area contributed by atoms with E-state index in [0.29, 0.717) is 0 Å². The van der Waals surface area contributed by atoms with Gasteiger partial charge in [0.25, 0.3) is 0 Å². The van der Waals surface area contributed by atoms with Gasteiger partial charge in [0.05, 0.1) is 6.10 Å². The Kier molecular flexibility index (Phi) is 2.55. The third kappa shape index (κ3) is 1.56. The van der Waals surface area contributed by atoms with Gasteiger partial charge in [-0.2, -0.15) is 0 Å². The molecule has 82 valence electrons. The van der Waals surface area contributed by atoms with Gasteiger partial charge < -0.3 is 18.9 Å². The van der Waals surface area contributed by atoms with Crippen LogP contribution in [0.3, 0.4) is 0 Å². The lowest BCUT2D eigenvalue weighted by atomic mass is 10.1. The number of hydrogen-bond acceptors (Lipinski definition) is 4. The maximum absolute atomic E-state index is 5.78. The third-order valence-corrected chi connectivity index (χ3v) is 2.74. The Morgan fingerprint density at radius 3 is 2.43 bits per heavy atom. The summed E-state index contributed by atoms with van der Waals surface area (Å²) in [6, 6.07) is 0. The molecule has 2 aliphatic heterocycles. The average Bonchev–Trinajstić information content (AvgIpc) is 2.57. The fraction of sp³-hybridized carbons (Fsp3) is 1.00. The third-order valence-electron chi connectivity index (χ3n) is 2.74. The van der Waals surface area contributed by atoms with E-state index in [1.54, 1.807) is 7.11 Å². The molecule has 0 aromatic heterocycles. The number of ether oxygens (including phenoxy) is 4. The van der Waals surface area contributed by atoms with Crippen molar-refractivity contribution in [3.05, 3.63) is 0 Å². The van der Waals surface area contributed by atoms with Crippen LogP contribution < -0.4 is 0 Å². The zero-order valence-corrected chi connectivity index (χ0v) is 9.15. The van der Waals surface area contributed by atoms with Gasteiger partial charge in [0.1, 0.15) is 12.2 Å². The molecule has 2 saturated heterocycles. The van der Waals surface area contributed by atoms with Crippen molar-refractivity contribution in [2.24, 2.45) is 0 Å². The van der Waals surface area contributed by atoms with E-state index in [9.17, 15) is 0 Å². The van der Waals surface area contributed by atoms with Crippen LogP contribution in [0, 0.1) is 0 Å². The second-order valence-corrected chi connectivity index (χ2v) is 4.25. The lowest BCUT2D eigenvalue weighted by Crippen LogP contribution is -2.30. The Morgan fingerprint density at radius 2 is 1.86 bits per heavy atom. The van der Waals surface area contributed by atoms with Gasteiger partial charge in [-0.05, 0) is 20.3 Å². The topological polar surface area (TPSA) is 36.9 Å². The molecule has 4 atom stereocenters. The Morgan fingerprint density at radius 1 is 1.21 bits per heavy atom. The second-order valence-electron chi connectivity index (χ2n) is 4.25. The second kappa shape index (κ2) is 3.45. The van der Waals surface area contributed by atoms with Crippen molar-refractivity contribution >= 4 is 0 Å². The summed E-state index contributed by atoms with van der Waals surface area (Å²) in [5, 5.41) is 0. The molecule has 1 unspecified atom stereocenters. The summed E-state index contributed by atoms with van der Waals surface area (Å²) in [5.74, 6) is -0.511. The molecule has 2 fully saturated rings. The molecule has 0 saturated carbocycles. The molecule has 0 N–H and O–H groups in total. The van der Waals surface area contributed by atoms with E-state index < -0.39 is 5.79 Å². The Hall–Kier alpha value is -0.160. The van der Waals surface area contributed by atoms with Gasteiger partial charge in [-0.25, -0.2) is 0 Å². The van der Waals surface area contributed by atoms with Crippen molar-refractivity contribution in [3.63, 3.8) is 0 Å². The summed E-state index contributed by atoms with van der Waals surface area (Å²) in [7, 11) is 1.63. The minimum atomic E-state index is -0.511. The van der Waals surface area contributed by atoms with Crippen molar-refractivity contribution in [1.82, 2.24) is 0 Å². The van der Waals surface area contributed by atoms with Crippen LogP contribution in [-0.4, -0.2) is 37.5 Å². The van der Waals surface area contributed by atoms with Gasteiger partial charge in [-0.3, -0.25) is 0 Å². The minimum absolute atomic E-state index is 0.0138. The van der Waals surface area contributed by atoms with Gasteiger partial charge >= 0.3 is 0 Å². The normalized spacial score (nSPS) is 45.4. The van der Waals surface area contributed by atoms with Gasteiger partial charge in [0.2, 0.25) is 0 Å². The van der Waals surface area contributed by atoms with E-state index in [-0.39, 0.29) is 24.6 Å². The first kappa shape index (κ1) is 10.4. The summed E-state index contributed by atoms with van der Waals surface area (Å²) in [6.45, 7) is 5.92. The Balaban J connectivity index is 2.12. The van der Waals surface area contributed by atoms with E-state index >= 15 is 0 Å². The van der Waals surface area contributed by atoms with Crippen LogP contribution in [0.5, 0.6) is 0 Å². The fourth-order valence-corrected chi connectivity index (χ4v) is 2.16. The summed E-state index contributed by atoms with van der Waals surface area (Å²) in [6.07, 6.45) is 0.652. The van der Waals surface area contributed by atoms with Crippen molar-refractivity contribution in [2.45, 2.75) is 57.6 Å². The monoisotopic (exact) mass is 202 g/mol. The van der Waals surface area contributed by atoms with Crippen LogP contribution in [0.15, 0.2) is 0 Å². The molecular weight excluding hydrogens is 184 g/mol. The van der Waals surface area contributed by atoms with Crippen molar-refractivity contribution in [1.29, 1.82) is 0 Å². The van der Waals surface area contributed by atoms with E-state index in [4.69, 9.17) is 18.9 Å². The highest BCUT2D eigenvalue weighted by molar-refractivity contribution is 4.94. The smallest absolute Gasteiger partial charge is 0.186 e. The van der Waals surface area contributed by atoms with Gasteiger partial charge in [0.15, 0.2) is 12.1 Å². The number of fused-ring (bicyclic) bond motifs is 1. The van der Waals surface area contributed by atoms with E-state index in [1.807, 2.05) is 13.8 Å². The first-order valence-electron chi connectivity index (χ1n) is 5.11. The van der Waals surface area contributed by atoms with Gasteiger partial charge in [0, 0.05) is 7.11 Å². The maximum atomic E-state index is 5.78. The van der Waals surface area contributed by atoms with E-state index in [2.05, 4.69) is 6.92 Å². The van der Waals surface area contributed by atoms with E-state index in [1.165, 1.54) is 0 Å². The van der Waals surface area contributed by atoms with Crippen LogP contribution in [0.4, 0.5) is 0 Å². The molecule has 2 heterocycles. The summed E-state index contributed by atoms with van der Waals surface area (Å²) >= 11 is 0. The van der Waals surface area contributed by atoms with Gasteiger partial charge in [-0.1, -0.05) is 6.92 Å². The molecule has 4 nitrogen and oxygen atoms in total. The molecular formula is C10H18O4. The highest BCUT2D eigenvalue weighted by Gasteiger charge is 2.54. The van der Waals surface area contributed by atoms with Crippen LogP contribution in [0.1, 0.15) is 27.2 Å². The molecule has 2 rings (SSSR count). The highest BCUT2D eigenvalue weighted by Crippen LogP contribution is 2.39. The van der Waals surface area contributed by atoms with Crippen LogP contribution >= 0.6 is 0 Å². The standard InChI is InChI=1S/C10H18O4/c1-5-6-7-8(9(11-4)12-6)14-10(2,3)13-7/h6-9H,5H2,1-4H3/t6-,7-,8-,9?/m1/s1. The molecule has 0 aliphatic carbocycles. The predicted octanol–water partition coefficient (Wildman–Crippen LogP) is 1.29. The van der Waals surface area contributed by atoms with Crippen LogP contribution in [-0.2, 0) is 18.9 Å². The first-order valence-corrected chi connectivity index (χ1v) is 5.11. The lowest BCUT2D eigenvalue weighted by Gasteiger charge is -2.22. The molecule has 0 spiro atoms. The quantitative estimate of drug-likeness (QED) is 0.676. The number of hydrogen-bond donors (Lipinski definition) is 0. The SMILES string of the molecule is CC[C@H]1OC(OC)[C@@H]2OC(C)(C)O[C@H]12. The van der Waals surface area contributed by atoms with Crippen molar-refractivity contribution in [2.75, 3.05) is 7.11 Å². The highest BCUT2D eigenvalue weighted by atomic mass is 16.8. The molecule has 0 radical (unpaired) electrons. The fourth-order valence-electron chi connectivity index (χ4n) is 2.16. The van der Waals surface area contributed by atoms with Crippen molar-refractivity contribution in [3.8, 4) is 0 Å². The lowest BCUT2D eigenvalue weighted by molar-refractivity contribution is -0.227. The first-order chi connectivity index (χ1) is 6.57. The van der Waals surface area contributed by atoms with E-state index in [0.717, 1.165) is 6.42 Å². The summed E-state index contributed by atoms with van der Waals surface area (Å²) in [4.78, 5) is 0.